The summed E-state index contributed by atoms with van der Waals surface area (Å²) in [5.41, 5.74) is 2.97. The predicted molar refractivity (Wildman–Crippen MR) is 75.9 cm³/mol. The molecule has 0 saturated carbocycles. The molecule has 0 spiro atoms. The number of nitrogens with one attached hydrogen (secondary N) is 1. The van der Waals surface area contributed by atoms with Crippen molar-refractivity contribution in [3.63, 3.8) is 0 Å². The number of nitrogens with zero attached hydrogens (tertiary/aromatic N) is 3. The second kappa shape index (κ2) is 4.96. The molecule has 20 heavy (non-hydrogen) atoms. The molecule has 2 aromatic rings. The molecule has 1 aliphatic rings. The fourth-order valence-corrected chi connectivity index (χ4v) is 2.87. The van der Waals surface area contributed by atoms with E-state index in [0.29, 0.717) is 5.69 Å². The van der Waals surface area contributed by atoms with E-state index in [-0.39, 0.29) is 16.7 Å². The Labute approximate surface area is 116 Å². The number of hydrogen-bond donors (Lipinski definition) is 1. The van der Waals surface area contributed by atoms with Crippen LogP contribution in [0.4, 0.5) is 11.4 Å². The number of hydrogen-bond acceptors (Lipinski definition) is 4. The first-order valence-electron chi connectivity index (χ1n) is 6.67. The lowest BCUT2D eigenvalue weighted by molar-refractivity contribution is -0.384. The summed E-state index contributed by atoms with van der Waals surface area (Å²) in [5, 5.41) is 13.9. The molecular formula is C14H16N4O2. The molecule has 3 rings (SSSR count). The van der Waals surface area contributed by atoms with Gasteiger partial charge >= 0.3 is 0 Å². The molecule has 1 aromatic carbocycles. The lowest BCUT2D eigenvalue weighted by Gasteiger charge is -2.26. The Balaban J connectivity index is 2.02. The number of aromatic nitrogens is 2. The molecule has 6 nitrogen and oxygen atoms in total. The van der Waals surface area contributed by atoms with Gasteiger partial charge in [0.15, 0.2) is 0 Å². The first-order valence-corrected chi connectivity index (χ1v) is 6.67. The van der Waals surface area contributed by atoms with Gasteiger partial charge in [0.05, 0.1) is 17.3 Å². The van der Waals surface area contributed by atoms with Crippen molar-refractivity contribution < 1.29 is 4.92 Å². The van der Waals surface area contributed by atoms with Crippen molar-refractivity contribution in [1.82, 2.24) is 9.55 Å². The standard InChI is InChI=1S/C14H16N4O2/c1-15-12-7-10(5-6-14(12)18(19)20)13-4-2-3-11-8-16-9-17(11)13/h5-9,13,15H,2-4H2,1H3. The van der Waals surface area contributed by atoms with E-state index in [0.717, 1.165) is 24.8 Å². The number of nitro groups is 1. The van der Waals surface area contributed by atoms with E-state index in [2.05, 4.69) is 14.9 Å². The van der Waals surface area contributed by atoms with Gasteiger partial charge in [0, 0.05) is 25.0 Å². The number of imidazole rings is 1. The molecule has 6 heteroatoms. The average Bonchev–Trinajstić information content (AvgIpc) is 2.94. The average molecular weight is 272 g/mol. The molecule has 0 amide bonds. The molecule has 0 saturated heterocycles. The second-order valence-electron chi connectivity index (χ2n) is 4.98. The smallest absolute Gasteiger partial charge is 0.292 e. The molecular weight excluding hydrogens is 256 g/mol. The summed E-state index contributed by atoms with van der Waals surface area (Å²) in [6.45, 7) is 0. The van der Waals surface area contributed by atoms with Crippen molar-refractivity contribution in [3.8, 4) is 0 Å². The van der Waals surface area contributed by atoms with Crippen molar-refractivity contribution >= 4 is 11.4 Å². The van der Waals surface area contributed by atoms with Crippen LogP contribution >= 0.6 is 0 Å². The third-order valence-corrected chi connectivity index (χ3v) is 3.86. The zero-order chi connectivity index (χ0) is 14.1. The Bertz CT molecular complexity index is 650. The van der Waals surface area contributed by atoms with Gasteiger partial charge in [-0.2, -0.15) is 0 Å². The minimum absolute atomic E-state index is 0.109. The zero-order valence-electron chi connectivity index (χ0n) is 11.2. The predicted octanol–water partition coefficient (Wildman–Crippen LogP) is 2.76. The van der Waals surface area contributed by atoms with E-state index < -0.39 is 0 Å². The van der Waals surface area contributed by atoms with Crippen molar-refractivity contribution in [2.75, 3.05) is 12.4 Å². The van der Waals surface area contributed by atoms with E-state index in [9.17, 15) is 10.1 Å². The number of benzene rings is 1. The lowest BCUT2D eigenvalue weighted by Crippen LogP contribution is -2.17. The summed E-state index contributed by atoms with van der Waals surface area (Å²) < 4.78 is 2.17. The van der Waals surface area contributed by atoms with Gasteiger partial charge in [-0.1, -0.05) is 0 Å². The number of fused-ring (bicyclic) bond motifs is 1. The monoisotopic (exact) mass is 272 g/mol. The fourth-order valence-electron chi connectivity index (χ4n) is 2.87. The van der Waals surface area contributed by atoms with Crippen LogP contribution in [0.25, 0.3) is 0 Å². The molecule has 104 valence electrons. The van der Waals surface area contributed by atoms with Crippen LogP contribution in [-0.4, -0.2) is 21.5 Å². The minimum Gasteiger partial charge on any atom is -0.383 e. The van der Waals surface area contributed by atoms with Crippen LogP contribution in [-0.2, 0) is 6.42 Å². The first-order chi connectivity index (χ1) is 9.70. The van der Waals surface area contributed by atoms with Crippen molar-refractivity contribution in [2.45, 2.75) is 25.3 Å². The van der Waals surface area contributed by atoms with E-state index in [1.807, 2.05) is 24.7 Å². The summed E-state index contributed by atoms with van der Waals surface area (Å²) in [4.78, 5) is 14.8. The van der Waals surface area contributed by atoms with Crippen LogP contribution in [0.15, 0.2) is 30.7 Å². The van der Waals surface area contributed by atoms with Crippen molar-refractivity contribution in [1.29, 1.82) is 0 Å². The minimum atomic E-state index is -0.362. The molecule has 0 aliphatic carbocycles. The highest BCUT2D eigenvalue weighted by Gasteiger charge is 2.23. The van der Waals surface area contributed by atoms with Crippen LogP contribution in [0.3, 0.4) is 0 Å². The summed E-state index contributed by atoms with van der Waals surface area (Å²) in [7, 11) is 1.70. The maximum absolute atomic E-state index is 11.0. The topological polar surface area (TPSA) is 73.0 Å². The number of anilines is 1. The van der Waals surface area contributed by atoms with Gasteiger partial charge in [-0.3, -0.25) is 10.1 Å². The Morgan fingerprint density at radius 2 is 2.35 bits per heavy atom. The molecule has 1 aromatic heterocycles. The molecule has 0 radical (unpaired) electrons. The van der Waals surface area contributed by atoms with Gasteiger partial charge in [-0.05, 0) is 37.0 Å². The SMILES string of the molecule is CNc1cc(C2CCCc3cncn32)ccc1[N+](=O)[O-]. The third kappa shape index (κ3) is 2.03. The van der Waals surface area contributed by atoms with E-state index in [1.54, 1.807) is 13.1 Å². The van der Waals surface area contributed by atoms with Gasteiger partial charge in [-0.25, -0.2) is 4.98 Å². The molecule has 1 unspecified atom stereocenters. The highest BCUT2D eigenvalue weighted by atomic mass is 16.6. The van der Waals surface area contributed by atoms with E-state index in [4.69, 9.17) is 0 Å². The number of aryl methyl sites for hydroxylation is 1. The second-order valence-corrected chi connectivity index (χ2v) is 4.98. The molecule has 1 atom stereocenters. The van der Waals surface area contributed by atoms with Crippen LogP contribution in [0.1, 0.15) is 30.1 Å². The van der Waals surface area contributed by atoms with E-state index in [1.165, 1.54) is 5.69 Å². The summed E-state index contributed by atoms with van der Waals surface area (Å²) >= 11 is 0. The largest absolute Gasteiger partial charge is 0.383 e. The molecule has 1 N–H and O–H groups in total. The van der Waals surface area contributed by atoms with Gasteiger partial charge < -0.3 is 9.88 Å². The maximum Gasteiger partial charge on any atom is 0.292 e. The molecule has 2 heterocycles. The highest BCUT2D eigenvalue weighted by molar-refractivity contribution is 5.62. The first kappa shape index (κ1) is 12.7. The van der Waals surface area contributed by atoms with Gasteiger partial charge in [0.25, 0.3) is 5.69 Å². The normalized spacial score (nSPS) is 17.6. The zero-order valence-corrected chi connectivity index (χ0v) is 11.2. The highest BCUT2D eigenvalue weighted by Crippen LogP contribution is 2.34. The van der Waals surface area contributed by atoms with Crippen LogP contribution in [0.2, 0.25) is 0 Å². The quantitative estimate of drug-likeness (QED) is 0.688. The lowest BCUT2D eigenvalue weighted by atomic mass is 9.95. The molecule has 0 bridgehead atoms. The van der Waals surface area contributed by atoms with Crippen LogP contribution < -0.4 is 5.32 Å². The molecule has 0 fully saturated rings. The Hall–Kier alpha value is -2.37. The van der Waals surface area contributed by atoms with Gasteiger partial charge in [-0.15, -0.1) is 0 Å². The maximum atomic E-state index is 11.0. The Kier molecular flexibility index (Phi) is 3.14. The van der Waals surface area contributed by atoms with E-state index >= 15 is 0 Å². The Morgan fingerprint density at radius 3 is 3.10 bits per heavy atom. The summed E-state index contributed by atoms with van der Waals surface area (Å²) in [6, 6.07) is 5.51. The Morgan fingerprint density at radius 1 is 1.50 bits per heavy atom. The van der Waals surface area contributed by atoms with Crippen LogP contribution in [0, 0.1) is 10.1 Å². The van der Waals surface area contributed by atoms with Gasteiger partial charge in [0.2, 0.25) is 0 Å². The number of nitro benzene ring substituents is 1. The van der Waals surface area contributed by atoms with Crippen molar-refractivity contribution in [3.05, 3.63) is 52.1 Å². The fraction of sp³-hybridized carbons (Fsp3) is 0.357. The summed E-state index contributed by atoms with van der Waals surface area (Å²) in [6.07, 6.45) is 6.94. The van der Waals surface area contributed by atoms with Crippen LogP contribution in [0.5, 0.6) is 0 Å². The number of rotatable bonds is 3. The van der Waals surface area contributed by atoms with Gasteiger partial charge in [0.1, 0.15) is 5.69 Å². The molecule has 1 aliphatic heterocycles. The summed E-state index contributed by atoms with van der Waals surface area (Å²) in [5.74, 6) is 0. The third-order valence-electron chi connectivity index (χ3n) is 3.86. The van der Waals surface area contributed by atoms with Crippen molar-refractivity contribution in [2.24, 2.45) is 0 Å².